The molecule has 1 atom stereocenters. The number of nitrogens with two attached hydrogens (primary N) is 1. The molecule has 2 aromatic heterocycles. The molecule has 4 aromatic rings. The van der Waals surface area contributed by atoms with E-state index in [4.69, 9.17) is 20.2 Å². The first-order chi connectivity index (χ1) is 15.0. The highest BCUT2D eigenvalue weighted by atomic mass is 32.1. The molecule has 0 saturated heterocycles. The number of anilines is 2. The standard InChI is InChI=1S/C23H18FN3O3S/c1-11-2-3-12-6-14(24)4-5-17(12)27(11)23(28)21-20(25)15-7-13-8-18-19(30-10-29-18)9-16(13)26-22(15)31-21/h4-9,11H,2-3,10,25H2,1H3/t11-/m0/s1. The predicted octanol–water partition coefficient (Wildman–Crippen LogP) is 4.88. The molecule has 0 saturated carbocycles. The lowest BCUT2D eigenvalue weighted by molar-refractivity contribution is 0.0980. The van der Waals surface area contributed by atoms with E-state index in [0.29, 0.717) is 26.9 Å². The number of nitrogen functional groups attached to an aromatic ring is 1. The van der Waals surface area contributed by atoms with Crippen molar-refractivity contribution in [3.05, 3.63) is 52.7 Å². The first-order valence-electron chi connectivity index (χ1n) is 10.0. The third-order valence-corrected chi connectivity index (χ3v) is 7.10. The number of pyridine rings is 1. The minimum absolute atomic E-state index is 0.0145. The average Bonchev–Trinajstić information content (AvgIpc) is 3.34. The van der Waals surface area contributed by atoms with Crippen LogP contribution in [0.3, 0.4) is 0 Å². The number of nitrogens with zero attached hydrogens (tertiary/aromatic N) is 2. The van der Waals surface area contributed by atoms with E-state index in [1.165, 1.54) is 23.5 Å². The Morgan fingerprint density at radius 1 is 1.23 bits per heavy atom. The van der Waals surface area contributed by atoms with Crippen LogP contribution >= 0.6 is 11.3 Å². The fraction of sp³-hybridized carbons (Fsp3) is 0.217. The summed E-state index contributed by atoms with van der Waals surface area (Å²) in [5, 5.41) is 1.61. The van der Waals surface area contributed by atoms with Crippen molar-refractivity contribution in [3.63, 3.8) is 0 Å². The molecule has 0 bridgehead atoms. The van der Waals surface area contributed by atoms with E-state index in [1.807, 2.05) is 25.1 Å². The van der Waals surface area contributed by atoms with Crippen molar-refractivity contribution in [2.75, 3.05) is 17.4 Å². The molecule has 2 N–H and O–H groups in total. The predicted molar refractivity (Wildman–Crippen MR) is 119 cm³/mol. The van der Waals surface area contributed by atoms with Gasteiger partial charge in [0.1, 0.15) is 15.5 Å². The number of hydrogen-bond acceptors (Lipinski definition) is 6. The smallest absolute Gasteiger partial charge is 0.270 e. The van der Waals surface area contributed by atoms with E-state index in [2.05, 4.69) is 0 Å². The first kappa shape index (κ1) is 18.4. The molecule has 156 valence electrons. The number of aromatic nitrogens is 1. The van der Waals surface area contributed by atoms with Crippen LogP contribution in [0.25, 0.3) is 21.1 Å². The van der Waals surface area contributed by atoms with E-state index in [1.54, 1.807) is 11.0 Å². The molecule has 0 radical (unpaired) electrons. The maximum Gasteiger partial charge on any atom is 0.270 e. The topological polar surface area (TPSA) is 77.7 Å². The number of hydrogen-bond donors (Lipinski definition) is 1. The largest absolute Gasteiger partial charge is 0.454 e. The van der Waals surface area contributed by atoms with Gasteiger partial charge in [-0.3, -0.25) is 4.79 Å². The molecule has 2 aliphatic heterocycles. The van der Waals surface area contributed by atoms with Gasteiger partial charge in [-0.1, -0.05) is 0 Å². The Morgan fingerprint density at radius 3 is 2.87 bits per heavy atom. The maximum absolute atomic E-state index is 13.7. The molecular weight excluding hydrogens is 417 g/mol. The molecule has 0 fully saturated rings. The Balaban J connectivity index is 1.48. The van der Waals surface area contributed by atoms with E-state index >= 15 is 0 Å². The maximum atomic E-state index is 13.7. The molecule has 1 amide bonds. The lowest BCUT2D eigenvalue weighted by Gasteiger charge is -2.35. The van der Waals surface area contributed by atoms with Crippen molar-refractivity contribution >= 4 is 49.7 Å². The number of carbonyl (C=O) groups excluding carboxylic acids is 1. The van der Waals surface area contributed by atoms with E-state index < -0.39 is 0 Å². The number of halogens is 1. The molecule has 2 aliphatic rings. The Kier molecular flexibility index (Phi) is 3.89. The van der Waals surface area contributed by atoms with Crippen molar-refractivity contribution in [3.8, 4) is 11.5 Å². The Labute approximate surface area is 181 Å². The fourth-order valence-electron chi connectivity index (χ4n) is 4.39. The van der Waals surface area contributed by atoms with Gasteiger partial charge in [-0.25, -0.2) is 9.37 Å². The quantitative estimate of drug-likeness (QED) is 0.461. The lowest BCUT2D eigenvalue weighted by atomic mass is 9.96. The molecular formula is C23H18FN3O3S. The molecule has 6 nitrogen and oxygen atoms in total. The van der Waals surface area contributed by atoms with Gasteiger partial charge in [-0.2, -0.15) is 0 Å². The average molecular weight is 435 g/mol. The van der Waals surface area contributed by atoms with E-state index in [9.17, 15) is 9.18 Å². The third-order valence-electron chi connectivity index (χ3n) is 5.99. The molecule has 0 unspecified atom stereocenters. The summed E-state index contributed by atoms with van der Waals surface area (Å²) < 4.78 is 24.6. The SMILES string of the molecule is C[C@H]1CCc2cc(F)ccc2N1C(=O)c1sc2nc3cc4c(cc3cc2c1N)OCO4. The summed E-state index contributed by atoms with van der Waals surface area (Å²) in [5.74, 6) is 0.854. The lowest BCUT2D eigenvalue weighted by Crippen LogP contribution is -2.42. The van der Waals surface area contributed by atoms with Gasteiger partial charge < -0.3 is 20.1 Å². The van der Waals surface area contributed by atoms with Crippen molar-refractivity contribution in [2.45, 2.75) is 25.8 Å². The summed E-state index contributed by atoms with van der Waals surface area (Å²) >= 11 is 1.28. The molecule has 31 heavy (non-hydrogen) atoms. The number of rotatable bonds is 1. The Hall–Kier alpha value is -3.39. The molecule has 6 rings (SSSR count). The first-order valence-corrected chi connectivity index (χ1v) is 10.9. The highest BCUT2D eigenvalue weighted by molar-refractivity contribution is 7.21. The summed E-state index contributed by atoms with van der Waals surface area (Å²) in [6, 6.07) is 10.2. The number of thiophene rings is 1. The number of amides is 1. The van der Waals surface area contributed by atoms with Crippen LogP contribution in [0.5, 0.6) is 11.5 Å². The zero-order valence-electron chi connectivity index (χ0n) is 16.6. The number of ether oxygens (including phenoxy) is 2. The minimum atomic E-state index is -0.294. The van der Waals surface area contributed by atoms with Crippen LogP contribution in [-0.2, 0) is 6.42 Å². The summed E-state index contributed by atoms with van der Waals surface area (Å²) in [7, 11) is 0. The second-order valence-corrected chi connectivity index (χ2v) is 8.92. The van der Waals surface area contributed by atoms with Crippen molar-refractivity contribution < 1.29 is 18.7 Å². The van der Waals surface area contributed by atoms with Gasteiger partial charge in [0.2, 0.25) is 6.79 Å². The van der Waals surface area contributed by atoms with Crippen LogP contribution in [-0.4, -0.2) is 23.7 Å². The Morgan fingerprint density at radius 2 is 2.03 bits per heavy atom. The van der Waals surface area contributed by atoms with Gasteiger partial charge in [-0.05, 0) is 55.7 Å². The number of benzene rings is 2. The van der Waals surface area contributed by atoms with Crippen LogP contribution in [0.2, 0.25) is 0 Å². The highest BCUT2D eigenvalue weighted by Gasteiger charge is 2.32. The zero-order valence-corrected chi connectivity index (χ0v) is 17.5. The molecule has 4 heterocycles. The van der Waals surface area contributed by atoms with Crippen molar-refractivity contribution in [1.82, 2.24) is 4.98 Å². The van der Waals surface area contributed by atoms with Crippen LogP contribution in [0.15, 0.2) is 36.4 Å². The second kappa shape index (κ2) is 6.55. The molecule has 2 aromatic carbocycles. The monoisotopic (exact) mass is 435 g/mol. The summed E-state index contributed by atoms with van der Waals surface area (Å²) in [6.45, 7) is 2.20. The highest BCUT2D eigenvalue weighted by Crippen LogP contribution is 2.41. The number of aryl methyl sites for hydroxylation is 1. The zero-order chi connectivity index (χ0) is 21.3. The molecule has 8 heteroatoms. The van der Waals surface area contributed by atoms with Gasteiger partial charge in [0.05, 0.1) is 11.2 Å². The second-order valence-electron chi connectivity index (χ2n) is 7.92. The van der Waals surface area contributed by atoms with Crippen LogP contribution < -0.4 is 20.1 Å². The van der Waals surface area contributed by atoms with E-state index in [0.717, 1.165) is 40.4 Å². The third kappa shape index (κ3) is 2.75. The van der Waals surface area contributed by atoms with Crippen LogP contribution in [0.1, 0.15) is 28.6 Å². The van der Waals surface area contributed by atoms with Gasteiger partial charge in [0, 0.05) is 28.6 Å². The van der Waals surface area contributed by atoms with Crippen molar-refractivity contribution in [1.29, 1.82) is 0 Å². The number of carbonyl (C=O) groups is 1. The van der Waals surface area contributed by atoms with Crippen molar-refractivity contribution in [2.24, 2.45) is 0 Å². The normalized spacial score (nSPS) is 17.4. The van der Waals surface area contributed by atoms with Gasteiger partial charge in [0.25, 0.3) is 5.91 Å². The molecule has 0 aliphatic carbocycles. The van der Waals surface area contributed by atoms with Gasteiger partial charge in [-0.15, -0.1) is 11.3 Å². The molecule has 0 spiro atoms. The Bertz CT molecular complexity index is 1400. The van der Waals surface area contributed by atoms with E-state index in [-0.39, 0.29) is 24.6 Å². The van der Waals surface area contributed by atoms with Crippen LogP contribution in [0, 0.1) is 5.82 Å². The summed E-state index contributed by atoms with van der Waals surface area (Å²) in [5.41, 5.74) is 9.20. The summed E-state index contributed by atoms with van der Waals surface area (Å²) in [4.78, 5) is 21.2. The van der Waals surface area contributed by atoms with Gasteiger partial charge in [0.15, 0.2) is 11.5 Å². The van der Waals surface area contributed by atoms with Crippen LogP contribution in [0.4, 0.5) is 15.8 Å². The number of fused-ring (bicyclic) bond motifs is 4. The summed E-state index contributed by atoms with van der Waals surface area (Å²) in [6.07, 6.45) is 1.50. The fourth-order valence-corrected chi connectivity index (χ4v) is 5.41. The minimum Gasteiger partial charge on any atom is -0.454 e. The van der Waals surface area contributed by atoms with Gasteiger partial charge >= 0.3 is 0 Å².